The molecule has 3 nitrogen and oxygen atoms in total. The lowest BCUT2D eigenvalue weighted by Crippen LogP contribution is -2.34. The highest BCUT2D eigenvalue weighted by Gasteiger charge is 2.28. The third-order valence-corrected chi connectivity index (χ3v) is 2.33. The molecule has 0 spiro atoms. The molecule has 0 unspecified atom stereocenters. The van der Waals surface area contributed by atoms with Gasteiger partial charge in [-0.1, -0.05) is 0 Å². The summed E-state index contributed by atoms with van der Waals surface area (Å²) in [6.45, 7) is 0. The molecule has 1 aromatic rings. The lowest BCUT2D eigenvalue weighted by Gasteiger charge is -2.30. The second kappa shape index (κ2) is 4.84. The summed E-state index contributed by atoms with van der Waals surface area (Å²) in [5.74, 6) is 0.631. The van der Waals surface area contributed by atoms with Crippen LogP contribution in [0.25, 0.3) is 0 Å². The van der Waals surface area contributed by atoms with Gasteiger partial charge < -0.3 is 5.73 Å². The molecule has 2 rings (SSSR count). The minimum Gasteiger partial charge on any atom is -0.328 e. The molecule has 1 saturated carbocycles. The second-order valence-corrected chi connectivity index (χ2v) is 3.34. The quantitative estimate of drug-likeness (QED) is 0.784. The van der Waals surface area contributed by atoms with Crippen LogP contribution >= 0.6 is 24.8 Å². The molecule has 1 aromatic heterocycles. The zero-order chi connectivity index (χ0) is 7.84. The first-order valence-electron chi connectivity index (χ1n) is 4.01. The summed E-state index contributed by atoms with van der Waals surface area (Å²) in [4.78, 5) is 0. The molecule has 13 heavy (non-hydrogen) atoms. The molecule has 1 aliphatic carbocycles. The maximum absolute atomic E-state index is 5.68. The molecule has 0 aliphatic heterocycles. The van der Waals surface area contributed by atoms with Gasteiger partial charge >= 0.3 is 0 Å². The molecular weight excluding hydrogens is 209 g/mol. The summed E-state index contributed by atoms with van der Waals surface area (Å²) in [6.07, 6.45) is 4.20. The van der Waals surface area contributed by atoms with Gasteiger partial charge in [-0.15, -0.1) is 24.8 Å². The van der Waals surface area contributed by atoms with Gasteiger partial charge in [0.1, 0.15) is 0 Å². The van der Waals surface area contributed by atoms with Crippen LogP contribution in [0.15, 0.2) is 12.3 Å². The Balaban J connectivity index is 0.000000720. The second-order valence-electron chi connectivity index (χ2n) is 3.34. The predicted molar refractivity (Wildman–Crippen MR) is 57.7 cm³/mol. The van der Waals surface area contributed by atoms with E-state index in [1.54, 1.807) is 0 Å². The third kappa shape index (κ3) is 2.59. The summed E-state index contributed by atoms with van der Waals surface area (Å²) in [7, 11) is 1.95. The summed E-state index contributed by atoms with van der Waals surface area (Å²) >= 11 is 0. The highest BCUT2D eigenvalue weighted by atomic mass is 35.5. The first kappa shape index (κ1) is 12.8. The maximum Gasteiger partial charge on any atom is 0.0656 e. The van der Waals surface area contributed by atoms with Crippen molar-refractivity contribution in [2.45, 2.75) is 24.8 Å². The van der Waals surface area contributed by atoms with Crippen LogP contribution in [0.2, 0.25) is 0 Å². The topological polar surface area (TPSA) is 43.8 Å². The fraction of sp³-hybridized carbons (Fsp3) is 0.625. The minimum atomic E-state index is 0. The monoisotopic (exact) mass is 223 g/mol. The Morgan fingerprint density at radius 2 is 2.08 bits per heavy atom. The van der Waals surface area contributed by atoms with Crippen molar-refractivity contribution in [3.8, 4) is 0 Å². The number of nitrogens with zero attached hydrogens (tertiary/aromatic N) is 2. The molecular formula is C8H15Cl2N3. The number of halogens is 2. The van der Waals surface area contributed by atoms with Gasteiger partial charge in [0.25, 0.3) is 0 Å². The summed E-state index contributed by atoms with van der Waals surface area (Å²) in [6, 6.07) is 2.50. The summed E-state index contributed by atoms with van der Waals surface area (Å²) < 4.78 is 1.85. The van der Waals surface area contributed by atoms with Crippen LogP contribution in [0, 0.1) is 0 Å². The van der Waals surface area contributed by atoms with Crippen LogP contribution in [-0.4, -0.2) is 15.8 Å². The van der Waals surface area contributed by atoms with E-state index in [9.17, 15) is 0 Å². The van der Waals surface area contributed by atoms with E-state index in [-0.39, 0.29) is 24.8 Å². The molecule has 5 heteroatoms. The Labute approximate surface area is 90.5 Å². The number of aryl methyl sites for hydroxylation is 1. The Morgan fingerprint density at radius 1 is 1.46 bits per heavy atom. The number of aromatic nitrogens is 2. The van der Waals surface area contributed by atoms with Crippen LogP contribution in [0.1, 0.15) is 24.5 Å². The summed E-state index contributed by atoms with van der Waals surface area (Å²) in [5, 5.41) is 4.33. The van der Waals surface area contributed by atoms with Gasteiger partial charge in [0.05, 0.1) is 5.69 Å². The number of hydrogen-bond donors (Lipinski definition) is 1. The molecule has 0 amide bonds. The summed E-state index contributed by atoms with van der Waals surface area (Å²) in [5.41, 5.74) is 6.88. The van der Waals surface area contributed by atoms with Crippen LogP contribution in [0.3, 0.4) is 0 Å². The average molecular weight is 224 g/mol. The highest BCUT2D eigenvalue weighted by molar-refractivity contribution is 5.85. The van der Waals surface area contributed by atoms with E-state index in [1.165, 1.54) is 5.69 Å². The van der Waals surface area contributed by atoms with Gasteiger partial charge in [-0.3, -0.25) is 4.68 Å². The van der Waals surface area contributed by atoms with E-state index >= 15 is 0 Å². The largest absolute Gasteiger partial charge is 0.328 e. The molecule has 2 N–H and O–H groups in total. The Kier molecular flexibility index (Phi) is 4.75. The van der Waals surface area contributed by atoms with E-state index in [4.69, 9.17) is 5.73 Å². The van der Waals surface area contributed by atoms with Crippen molar-refractivity contribution in [2.75, 3.05) is 0 Å². The van der Waals surface area contributed by atoms with E-state index in [0.29, 0.717) is 12.0 Å². The lowest BCUT2D eigenvalue weighted by molar-refractivity contribution is 0.343. The van der Waals surface area contributed by atoms with E-state index in [1.807, 2.05) is 17.9 Å². The molecule has 1 heterocycles. The maximum atomic E-state index is 5.68. The Hall–Kier alpha value is -0.250. The first-order valence-corrected chi connectivity index (χ1v) is 4.01. The number of rotatable bonds is 1. The lowest BCUT2D eigenvalue weighted by atomic mass is 9.79. The molecule has 0 bridgehead atoms. The van der Waals surface area contributed by atoms with Crippen molar-refractivity contribution in [1.82, 2.24) is 9.78 Å². The Morgan fingerprint density at radius 3 is 2.46 bits per heavy atom. The van der Waals surface area contributed by atoms with E-state index < -0.39 is 0 Å². The van der Waals surface area contributed by atoms with E-state index in [0.717, 1.165) is 12.8 Å². The minimum absolute atomic E-state index is 0. The first-order chi connectivity index (χ1) is 5.25. The predicted octanol–water partition coefficient (Wildman–Crippen LogP) is 1.47. The van der Waals surface area contributed by atoms with Crippen molar-refractivity contribution in [1.29, 1.82) is 0 Å². The molecule has 76 valence electrons. The normalized spacial score (nSPS) is 25.4. The molecule has 1 fully saturated rings. The zero-order valence-corrected chi connectivity index (χ0v) is 9.14. The van der Waals surface area contributed by atoms with Gasteiger partial charge in [-0.2, -0.15) is 5.10 Å². The molecule has 0 radical (unpaired) electrons. The van der Waals surface area contributed by atoms with Crippen LogP contribution in [0.5, 0.6) is 0 Å². The molecule has 1 aliphatic rings. The van der Waals surface area contributed by atoms with Crippen molar-refractivity contribution in [3.05, 3.63) is 18.0 Å². The van der Waals surface area contributed by atoms with Gasteiger partial charge in [0.2, 0.25) is 0 Å². The number of hydrogen-bond acceptors (Lipinski definition) is 2. The van der Waals surface area contributed by atoms with Crippen molar-refractivity contribution < 1.29 is 0 Å². The van der Waals surface area contributed by atoms with Crippen molar-refractivity contribution >= 4 is 24.8 Å². The molecule has 0 aromatic carbocycles. The average Bonchev–Trinajstić information content (AvgIpc) is 2.29. The zero-order valence-electron chi connectivity index (χ0n) is 7.51. The Bertz CT molecular complexity index is 256. The molecule has 0 saturated heterocycles. The standard InChI is InChI=1S/C8H13N3.2ClH/c1-11-3-2-8(10-11)6-4-7(9)5-6;;/h2-3,6-7H,4-5,9H2,1H3;2*1H. The van der Waals surface area contributed by atoms with Crippen molar-refractivity contribution in [2.24, 2.45) is 12.8 Å². The third-order valence-electron chi connectivity index (χ3n) is 2.33. The SMILES string of the molecule is Cl.Cl.Cn1ccc(C2CC(N)C2)n1. The highest BCUT2D eigenvalue weighted by Crippen LogP contribution is 2.34. The fourth-order valence-electron chi connectivity index (χ4n) is 1.55. The van der Waals surface area contributed by atoms with Crippen molar-refractivity contribution in [3.63, 3.8) is 0 Å². The van der Waals surface area contributed by atoms with Gasteiger partial charge in [-0.05, 0) is 18.9 Å². The van der Waals surface area contributed by atoms with Gasteiger partial charge in [0, 0.05) is 25.2 Å². The van der Waals surface area contributed by atoms with Crippen LogP contribution in [0.4, 0.5) is 0 Å². The van der Waals surface area contributed by atoms with Gasteiger partial charge in [-0.25, -0.2) is 0 Å². The smallest absolute Gasteiger partial charge is 0.0656 e. The van der Waals surface area contributed by atoms with Crippen LogP contribution < -0.4 is 5.73 Å². The van der Waals surface area contributed by atoms with E-state index in [2.05, 4.69) is 11.2 Å². The molecule has 0 atom stereocenters. The van der Waals surface area contributed by atoms with Gasteiger partial charge in [0.15, 0.2) is 0 Å². The fourth-order valence-corrected chi connectivity index (χ4v) is 1.55. The van der Waals surface area contributed by atoms with Crippen LogP contribution in [-0.2, 0) is 7.05 Å². The number of nitrogens with two attached hydrogens (primary N) is 1.